The number of amides is 1. The maximum atomic E-state index is 11.9. The van der Waals surface area contributed by atoms with Crippen LogP contribution in [-0.4, -0.2) is 26.2 Å². The summed E-state index contributed by atoms with van der Waals surface area (Å²) in [7, 11) is 0. The van der Waals surface area contributed by atoms with Gasteiger partial charge in [0.1, 0.15) is 11.6 Å². The first-order chi connectivity index (χ1) is 8.97. The summed E-state index contributed by atoms with van der Waals surface area (Å²) in [6.07, 6.45) is 0.201. The second kappa shape index (κ2) is 5.21. The van der Waals surface area contributed by atoms with E-state index in [0.29, 0.717) is 11.7 Å². The van der Waals surface area contributed by atoms with Crippen molar-refractivity contribution < 1.29 is 9.32 Å². The van der Waals surface area contributed by atoms with Crippen molar-refractivity contribution in [3.8, 4) is 0 Å². The van der Waals surface area contributed by atoms with Crippen molar-refractivity contribution in [3.63, 3.8) is 0 Å². The highest BCUT2D eigenvalue weighted by atomic mass is 16.5. The highest BCUT2D eigenvalue weighted by Crippen LogP contribution is 2.14. The van der Waals surface area contributed by atoms with Crippen LogP contribution in [0.1, 0.15) is 42.6 Å². The number of aryl methyl sites for hydroxylation is 2. The van der Waals surface area contributed by atoms with Gasteiger partial charge in [0.05, 0.1) is 12.1 Å². The van der Waals surface area contributed by atoms with Crippen molar-refractivity contribution in [3.05, 3.63) is 22.8 Å². The maximum Gasteiger partial charge on any atom is 0.248 e. The molecule has 0 aliphatic carbocycles. The molecule has 0 saturated carbocycles. The van der Waals surface area contributed by atoms with E-state index in [-0.39, 0.29) is 18.2 Å². The molecule has 0 bridgehead atoms. The zero-order valence-electron chi connectivity index (χ0n) is 11.4. The predicted molar refractivity (Wildman–Crippen MR) is 68.8 cm³/mol. The monoisotopic (exact) mass is 263 g/mol. The summed E-state index contributed by atoms with van der Waals surface area (Å²) in [6.45, 7) is 7.58. The number of H-pyrrole nitrogens is 1. The highest BCUT2D eigenvalue weighted by molar-refractivity contribution is 5.90. The van der Waals surface area contributed by atoms with Crippen LogP contribution in [0.2, 0.25) is 0 Å². The average molecular weight is 263 g/mol. The van der Waals surface area contributed by atoms with E-state index in [1.165, 1.54) is 0 Å². The first-order valence-electron chi connectivity index (χ1n) is 6.11. The Hall–Kier alpha value is -2.18. The molecular formula is C12H17N5O2. The van der Waals surface area contributed by atoms with E-state index in [0.717, 1.165) is 17.1 Å². The molecule has 0 radical (unpaired) electrons. The number of hydrogen-bond acceptors (Lipinski definition) is 5. The molecule has 7 heteroatoms. The van der Waals surface area contributed by atoms with Gasteiger partial charge in [0.15, 0.2) is 0 Å². The van der Waals surface area contributed by atoms with Crippen LogP contribution >= 0.6 is 0 Å². The number of hydrogen-bond donors (Lipinski definition) is 2. The van der Waals surface area contributed by atoms with Crippen molar-refractivity contribution in [1.82, 2.24) is 20.3 Å². The lowest BCUT2D eigenvalue weighted by Gasteiger charge is -2.00. The minimum Gasteiger partial charge on any atom is -0.361 e. The van der Waals surface area contributed by atoms with Gasteiger partial charge in [-0.15, -0.1) is 5.10 Å². The molecule has 0 unspecified atom stereocenters. The first kappa shape index (κ1) is 13.3. The van der Waals surface area contributed by atoms with Gasteiger partial charge in [0.2, 0.25) is 11.9 Å². The van der Waals surface area contributed by atoms with Gasteiger partial charge in [0.25, 0.3) is 0 Å². The van der Waals surface area contributed by atoms with E-state index in [2.05, 4.69) is 25.7 Å². The fraction of sp³-hybridized carbons (Fsp3) is 0.500. The third-order valence-electron chi connectivity index (χ3n) is 2.82. The van der Waals surface area contributed by atoms with E-state index < -0.39 is 0 Å². The van der Waals surface area contributed by atoms with Gasteiger partial charge >= 0.3 is 0 Å². The van der Waals surface area contributed by atoms with Crippen LogP contribution in [0.3, 0.4) is 0 Å². The summed E-state index contributed by atoms with van der Waals surface area (Å²) in [6, 6.07) is 0. The van der Waals surface area contributed by atoms with E-state index in [4.69, 9.17) is 4.52 Å². The normalized spacial score (nSPS) is 11.0. The van der Waals surface area contributed by atoms with E-state index in [9.17, 15) is 4.79 Å². The van der Waals surface area contributed by atoms with Crippen LogP contribution < -0.4 is 5.32 Å². The second-order valence-electron chi connectivity index (χ2n) is 4.73. The average Bonchev–Trinajstić information content (AvgIpc) is 2.91. The molecule has 2 heterocycles. The Kier molecular flexibility index (Phi) is 3.64. The quantitative estimate of drug-likeness (QED) is 0.875. The fourth-order valence-electron chi connectivity index (χ4n) is 1.67. The topological polar surface area (TPSA) is 96.7 Å². The van der Waals surface area contributed by atoms with Crippen molar-refractivity contribution in [2.24, 2.45) is 0 Å². The zero-order valence-corrected chi connectivity index (χ0v) is 11.4. The molecule has 0 aliphatic rings. The van der Waals surface area contributed by atoms with Crippen molar-refractivity contribution in [2.45, 2.75) is 40.0 Å². The second-order valence-corrected chi connectivity index (χ2v) is 4.73. The van der Waals surface area contributed by atoms with Crippen molar-refractivity contribution in [2.75, 3.05) is 5.32 Å². The molecule has 0 atom stereocenters. The van der Waals surface area contributed by atoms with E-state index >= 15 is 0 Å². The van der Waals surface area contributed by atoms with E-state index in [1.54, 1.807) is 6.92 Å². The molecule has 0 spiro atoms. The highest BCUT2D eigenvalue weighted by Gasteiger charge is 2.15. The third kappa shape index (κ3) is 2.98. The summed E-state index contributed by atoms with van der Waals surface area (Å²) < 4.78 is 5.01. The molecule has 2 aromatic rings. The lowest BCUT2D eigenvalue weighted by Crippen LogP contribution is -2.16. The van der Waals surface area contributed by atoms with Gasteiger partial charge in [-0.3, -0.25) is 15.2 Å². The molecule has 19 heavy (non-hydrogen) atoms. The van der Waals surface area contributed by atoms with Gasteiger partial charge in [-0.25, -0.2) is 0 Å². The Balaban J connectivity index is 2.01. The Bertz CT molecular complexity index is 565. The minimum atomic E-state index is -0.191. The van der Waals surface area contributed by atoms with Gasteiger partial charge in [-0.2, -0.15) is 4.98 Å². The minimum absolute atomic E-state index is 0.191. The van der Waals surface area contributed by atoms with Crippen molar-refractivity contribution in [1.29, 1.82) is 0 Å². The largest absolute Gasteiger partial charge is 0.361 e. The number of aromatic amines is 1. The van der Waals surface area contributed by atoms with Gasteiger partial charge in [0, 0.05) is 11.5 Å². The van der Waals surface area contributed by atoms with Crippen LogP contribution in [0.5, 0.6) is 0 Å². The summed E-state index contributed by atoms with van der Waals surface area (Å²) in [5.41, 5.74) is 1.53. The molecule has 102 valence electrons. The SMILES string of the molecule is Cc1noc(C)c1CC(=O)Nc1n[nH]c(C(C)C)n1. The Morgan fingerprint density at radius 3 is 2.68 bits per heavy atom. The van der Waals surface area contributed by atoms with Crippen LogP contribution in [-0.2, 0) is 11.2 Å². The smallest absolute Gasteiger partial charge is 0.248 e. The predicted octanol–water partition coefficient (Wildman–Crippen LogP) is 1.71. The van der Waals surface area contributed by atoms with Crippen LogP contribution in [0.15, 0.2) is 4.52 Å². The molecule has 2 N–H and O–H groups in total. The van der Waals surface area contributed by atoms with E-state index in [1.807, 2.05) is 20.8 Å². The Morgan fingerprint density at radius 2 is 2.16 bits per heavy atom. The number of aromatic nitrogens is 4. The number of nitrogens with zero attached hydrogens (tertiary/aromatic N) is 3. The number of anilines is 1. The van der Waals surface area contributed by atoms with Crippen LogP contribution in [0.4, 0.5) is 5.95 Å². The lowest BCUT2D eigenvalue weighted by molar-refractivity contribution is -0.115. The molecular weight excluding hydrogens is 246 g/mol. The summed E-state index contributed by atoms with van der Waals surface area (Å²) in [5.74, 6) is 1.74. The van der Waals surface area contributed by atoms with Gasteiger partial charge in [-0.1, -0.05) is 19.0 Å². The molecule has 1 amide bonds. The van der Waals surface area contributed by atoms with Crippen LogP contribution in [0.25, 0.3) is 0 Å². The Labute approximate surface area is 110 Å². The first-order valence-corrected chi connectivity index (χ1v) is 6.11. The number of carbonyl (C=O) groups excluding carboxylic acids is 1. The number of nitrogens with one attached hydrogen (secondary N) is 2. The maximum absolute atomic E-state index is 11.9. The standard InChI is InChI=1S/C12H17N5O2/c1-6(2)11-14-12(16-15-11)13-10(18)5-9-7(3)17-19-8(9)4/h6H,5H2,1-4H3,(H2,13,14,15,16,18). The molecule has 0 fully saturated rings. The van der Waals surface area contributed by atoms with Gasteiger partial charge in [-0.05, 0) is 13.8 Å². The Morgan fingerprint density at radius 1 is 1.42 bits per heavy atom. The molecule has 2 aromatic heterocycles. The number of carbonyl (C=O) groups is 1. The third-order valence-corrected chi connectivity index (χ3v) is 2.82. The van der Waals surface area contributed by atoms with Crippen LogP contribution in [0, 0.1) is 13.8 Å². The van der Waals surface area contributed by atoms with Gasteiger partial charge < -0.3 is 4.52 Å². The fourth-order valence-corrected chi connectivity index (χ4v) is 1.67. The molecule has 2 rings (SSSR count). The molecule has 0 aromatic carbocycles. The summed E-state index contributed by atoms with van der Waals surface area (Å²) in [4.78, 5) is 16.1. The molecule has 7 nitrogen and oxygen atoms in total. The molecule has 0 saturated heterocycles. The zero-order chi connectivity index (χ0) is 14.0. The summed E-state index contributed by atoms with van der Waals surface area (Å²) in [5, 5.41) is 13.2. The lowest BCUT2D eigenvalue weighted by atomic mass is 10.1. The summed E-state index contributed by atoms with van der Waals surface area (Å²) >= 11 is 0. The number of rotatable bonds is 4. The van der Waals surface area contributed by atoms with Crippen molar-refractivity contribution >= 4 is 11.9 Å². The molecule has 0 aliphatic heterocycles.